The summed E-state index contributed by atoms with van der Waals surface area (Å²) in [5.74, 6) is 0.336. The van der Waals surface area contributed by atoms with Crippen molar-refractivity contribution >= 4 is 51.9 Å². The molecule has 144 valence electrons. The maximum atomic E-state index is 12.7. The van der Waals surface area contributed by atoms with E-state index in [1.165, 1.54) is 16.7 Å². The zero-order valence-corrected chi connectivity index (χ0v) is 17.2. The smallest absolute Gasteiger partial charge is 0.266 e. The second-order valence-electron chi connectivity index (χ2n) is 6.24. The number of benzene rings is 2. The van der Waals surface area contributed by atoms with Crippen LogP contribution in [-0.4, -0.2) is 34.7 Å². The van der Waals surface area contributed by atoms with Crippen LogP contribution >= 0.6 is 24.0 Å². The van der Waals surface area contributed by atoms with Crippen molar-refractivity contribution in [2.24, 2.45) is 0 Å². The largest absolute Gasteiger partial charge is 0.496 e. The molecule has 5 nitrogen and oxygen atoms in total. The highest BCUT2D eigenvalue weighted by Crippen LogP contribution is 2.34. The molecule has 0 bridgehead atoms. The SMILES string of the molecule is COc1ccccc1C=C1SC(=S)N(CCC(=O)Nc2cccc(C)c2)C1=O. The van der Waals surface area contributed by atoms with Crippen molar-refractivity contribution in [1.82, 2.24) is 4.90 Å². The van der Waals surface area contributed by atoms with Gasteiger partial charge in [-0.15, -0.1) is 0 Å². The highest BCUT2D eigenvalue weighted by Gasteiger charge is 2.32. The summed E-state index contributed by atoms with van der Waals surface area (Å²) in [6.45, 7) is 2.20. The van der Waals surface area contributed by atoms with Crippen molar-refractivity contribution in [1.29, 1.82) is 0 Å². The lowest BCUT2D eigenvalue weighted by molar-refractivity contribution is -0.122. The van der Waals surface area contributed by atoms with Gasteiger partial charge in [-0.2, -0.15) is 0 Å². The number of methoxy groups -OCH3 is 1. The van der Waals surface area contributed by atoms with E-state index in [0.717, 1.165) is 16.8 Å². The standard InChI is InChI=1S/C21H20N2O3S2/c1-14-6-5-8-16(12-14)22-19(24)10-11-23-20(25)18(28-21(23)27)13-15-7-3-4-9-17(15)26-2/h3-9,12-13H,10-11H2,1-2H3,(H,22,24). The number of nitrogens with one attached hydrogen (secondary N) is 1. The van der Waals surface area contributed by atoms with E-state index < -0.39 is 0 Å². The Bertz CT molecular complexity index is 956. The Morgan fingerprint density at radius 3 is 2.79 bits per heavy atom. The first-order valence-electron chi connectivity index (χ1n) is 8.73. The Labute approximate surface area is 173 Å². The fraction of sp³-hybridized carbons (Fsp3) is 0.190. The monoisotopic (exact) mass is 412 g/mol. The second kappa shape index (κ2) is 9.03. The molecule has 0 radical (unpaired) electrons. The number of carbonyl (C=O) groups is 2. The molecule has 0 aliphatic carbocycles. The predicted molar refractivity (Wildman–Crippen MR) is 117 cm³/mol. The number of rotatable bonds is 6. The lowest BCUT2D eigenvalue weighted by Crippen LogP contribution is -2.31. The van der Waals surface area contributed by atoms with Crippen molar-refractivity contribution in [2.45, 2.75) is 13.3 Å². The van der Waals surface area contributed by atoms with Crippen molar-refractivity contribution in [2.75, 3.05) is 19.0 Å². The van der Waals surface area contributed by atoms with E-state index in [0.29, 0.717) is 15.0 Å². The molecule has 7 heteroatoms. The molecule has 1 heterocycles. The Hall–Kier alpha value is -2.64. The molecule has 28 heavy (non-hydrogen) atoms. The van der Waals surface area contributed by atoms with Gasteiger partial charge in [-0.25, -0.2) is 0 Å². The van der Waals surface area contributed by atoms with Gasteiger partial charge in [-0.05, 0) is 36.8 Å². The highest BCUT2D eigenvalue weighted by atomic mass is 32.2. The summed E-state index contributed by atoms with van der Waals surface area (Å²) in [5, 5.41) is 2.84. The molecule has 2 aromatic rings. The van der Waals surface area contributed by atoms with Gasteiger partial charge >= 0.3 is 0 Å². The Morgan fingerprint density at radius 1 is 1.25 bits per heavy atom. The van der Waals surface area contributed by atoms with Gasteiger partial charge in [0.15, 0.2) is 0 Å². The normalized spacial score (nSPS) is 15.2. The minimum atomic E-state index is -0.190. The molecular formula is C21H20N2O3S2. The van der Waals surface area contributed by atoms with Crippen molar-refractivity contribution in [3.63, 3.8) is 0 Å². The fourth-order valence-corrected chi connectivity index (χ4v) is 4.08. The molecule has 0 atom stereocenters. The van der Waals surface area contributed by atoms with Gasteiger partial charge in [0.2, 0.25) is 5.91 Å². The van der Waals surface area contributed by atoms with Gasteiger partial charge in [-0.3, -0.25) is 14.5 Å². The molecule has 2 aromatic carbocycles. The maximum Gasteiger partial charge on any atom is 0.266 e. The Kier molecular flexibility index (Phi) is 6.49. The van der Waals surface area contributed by atoms with E-state index in [9.17, 15) is 9.59 Å². The third kappa shape index (κ3) is 4.79. The molecule has 1 aliphatic heterocycles. The number of para-hydroxylation sites is 1. The molecule has 0 saturated carbocycles. The number of hydrogen-bond donors (Lipinski definition) is 1. The van der Waals surface area contributed by atoms with Gasteiger partial charge < -0.3 is 10.1 Å². The first-order valence-corrected chi connectivity index (χ1v) is 9.95. The third-order valence-electron chi connectivity index (χ3n) is 4.16. The zero-order valence-electron chi connectivity index (χ0n) is 15.6. The Balaban J connectivity index is 1.64. The quantitative estimate of drug-likeness (QED) is 0.568. The predicted octanol–water partition coefficient (Wildman–Crippen LogP) is 4.23. The number of aryl methyl sites for hydroxylation is 1. The number of hydrogen-bond acceptors (Lipinski definition) is 5. The van der Waals surface area contributed by atoms with E-state index in [-0.39, 0.29) is 24.8 Å². The third-order valence-corrected chi connectivity index (χ3v) is 5.54. The van der Waals surface area contributed by atoms with Gasteiger partial charge in [-0.1, -0.05) is 54.3 Å². The fourth-order valence-electron chi connectivity index (χ4n) is 2.78. The van der Waals surface area contributed by atoms with E-state index in [1.807, 2.05) is 55.5 Å². The zero-order chi connectivity index (χ0) is 20.1. The summed E-state index contributed by atoms with van der Waals surface area (Å²) < 4.78 is 5.78. The maximum absolute atomic E-state index is 12.7. The number of thiocarbonyl (C=S) groups is 1. The average Bonchev–Trinajstić information content (AvgIpc) is 2.93. The summed E-state index contributed by atoms with van der Waals surface area (Å²) in [7, 11) is 1.59. The molecule has 1 aliphatic rings. The summed E-state index contributed by atoms with van der Waals surface area (Å²) in [5.41, 5.74) is 2.62. The first-order chi connectivity index (χ1) is 13.5. The number of thioether (sulfide) groups is 1. The van der Waals surface area contributed by atoms with Crippen molar-refractivity contribution < 1.29 is 14.3 Å². The average molecular weight is 413 g/mol. The van der Waals surface area contributed by atoms with Crippen molar-refractivity contribution in [3.05, 3.63) is 64.6 Å². The van der Waals surface area contributed by atoms with Crippen LogP contribution in [0.15, 0.2) is 53.4 Å². The summed E-state index contributed by atoms with van der Waals surface area (Å²) >= 11 is 6.57. The molecule has 0 aromatic heterocycles. The Morgan fingerprint density at radius 2 is 2.04 bits per heavy atom. The molecule has 2 amide bonds. The van der Waals surface area contributed by atoms with Crippen LogP contribution in [0, 0.1) is 6.92 Å². The summed E-state index contributed by atoms with van der Waals surface area (Å²) in [6.07, 6.45) is 1.94. The second-order valence-corrected chi connectivity index (χ2v) is 7.92. The summed E-state index contributed by atoms with van der Waals surface area (Å²) in [4.78, 5) is 26.9. The van der Waals surface area contributed by atoms with E-state index in [4.69, 9.17) is 17.0 Å². The summed E-state index contributed by atoms with van der Waals surface area (Å²) in [6, 6.07) is 15.0. The minimum Gasteiger partial charge on any atom is -0.496 e. The number of nitrogens with zero attached hydrogens (tertiary/aromatic N) is 1. The van der Waals surface area contributed by atoms with Gasteiger partial charge in [0.05, 0.1) is 12.0 Å². The van der Waals surface area contributed by atoms with Gasteiger partial charge in [0, 0.05) is 24.2 Å². The van der Waals surface area contributed by atoms with Crippen LogP contribution < -0.4 is 10.1 Å². The van der Waals surface area contributed by atoms with Crippen LogP contribution in [0.4, 0.5) is 5.69 Å². The lowest BCUT2D eigenvalue weighted by Gasteiger charge is -2.14. The van der Waals surface area contributed by atoms with Crippen LogP contribution in [0.5, 0.6) is 5.75 Å². The lowest BCUT2D eigenvalue weighted by atomic mass is 10.2. The van der Waals surface area contributed by atoms with E-state index in [1.54, 1.807) is 13.2 Å². The van der Waals surface area contributed by atoms with Crippen LogP contribution in [0.1, 0.15) is 17.5 Å². The number of ether oxygens (including phenoxy) is 1. The van der Waals surface area contributed by atoms with Crippen LogP contribution in [-0.2, 0) is 9.59 Å². The molecular weight excluding hydrogens is 392 g/mol. The van der Waals surface area contributed by atoms with E-state index >= 15 is 0 Å². The topological polar surface area (TPSA) is 58.6 Å². The van der Waals surface area contributed by atoms with Crippen LogP contribution in [0.25, 0.3) is 6.08 Å². The molecule has 3 rings (SSSR count). The molecule has 0 unspecified atom stereocenters. The van der Waals surface area contributed by atoms with Gasteiger partial charge in [0.25, 0.3) is 5.91 Å². The first kappa shape index (κ1) is 20.1. The van der Waals surface area contributed by atoms with Crippen molar-refractivity contribution in [3.8, 4) is 5.75 Å². The molecule has 1 N–H and O–H groups in total. The van der Waals surface area contributed by atoms with Gasteiger partial charge in [0.1, 0.15) is 10.1 Å². The minimum absolute atomic E-state index is 0.159. The van der Waals surface area contributed by atoms with E-state index in [2.05, 4.69) is 5.32 Å². The van der Waals surface area contributed by atoms with Crippen LogP contribution in [0.2, 0.25) is 0 Å². The number of anilines is 1. The highest BCUT2D eigenvalue weighted by molar-refractivity contribution is 8.26. The molecule has 0 spiro atoms. The molecule has 1 fully saturated rings. The molecule has 1 saturated heterocycles. The number of amides is 2. The van der Waals surface area contributed by atoms with Crippen LogP contribution in [0.3, 0.4) is 0 Å². The number of carbonyl (C=O) groups excluding carboxylic acids is 2.